The average Bonchev–Trinajstić information content (AvgIpc) is 2.63. The van der Waals surface area contributed by atoms with Gasteiger partial charge in [-0.3, -0.25) is 0 Å². The van der Waals surface area contributed by atoms with Crippen molar-refractivity contribution in [2.75, 3.05) is 39.4 Å². The fourth-order valence-electron chi connectivity index (χ4n) is 2.77. The van der Waals surface area contributed by atoms with Gasteiger partial charge in [-0.15, -0.1) is 0 Å². The predicted molar refractivity (Wildman–Crippen MR) is 101 cm³/mol. The molecule has 0 aromatic heterocycles. The van der Waals surface area contributed by atoms with Crippen molar-refractivity contribution in [3.8, 4) is 0 Å². The second-order valence-electron chi connectivity index (χ2n) is 6.45. The fourth-order valence-corrected chi connectivity index (χ4v) is 2.77. The van der Waals surface area contributed by atoms with Crippen molar-refractivity contribution >= 4 is 11.9 Å². The van der Waals surface area contributed by atoms with Crippen LogP contribution in [0.5, 0.6) is 0 Å². The zero-order valence-electron chi connectivity index (χ0n) is 17.1. The summed E-state index contributed by atoms with van der Waals surface area (Å²) in [6, 6.07) is 0. The highest BCUT2D eigenvalue weighted by Gasteiger charge is 2.20. The van der Waals surface area contributed by atoms with Crippen LogP contribution in [0.4, 0.5) is 0 Å². The van der Waals surface area contributed by atoms with E-state index in [1.165, 1.54) is 25.7 Å². The summed E-state index contributed by atoms with van der Waals surface area (Å²) in [5, 5.41) is 0. The van der Waals surface area contributed by atoms with Crippen molar-refractivity contribution in [1.29, 1.82) is 0 Å². The van der Waals surface area contributed by atoms with E-state index in [2.05, 4.69) is 27.7 Å². The summed E-state index contributed by atoms with van der Waals surface area (Å²) in [6.07, 6.45) is 9.17. The Morgan fingerprint density at radius 2 is 1.19 bits per heavy atom. The van der Waals surface area contributed by atoms with Crippen LogP contribution in [0.1, 0.15) is 66.2 Å². The van der Waals surface area contributed by atoms with Crippen LogP contribution in [0, 0.1) is 0 Å². The van der Waals surface area contributed by atoms with Crippen LogP contribution in [-0.2, 0) is 19.1 Å². The number of likely N-dealkylation sites (N-methyl/N-ethyl adjacent to an activating group) is 1. The molecule has 0 amide bonds. The molecule has 0 fully saturated rings. The summed E-state index contributed by atoms with van der Waals surface area (Å²) in [6.45, 7) is 13.3. The van der Waals surface area contributed by atoms with Gasteiger partial charge in [0.25, 0.3) is 0 Å². The number of ether oxygens (including phenoxy) is 2. The molecule has 0 radical (unpaired) electrons. The minimum atomic E-state index is -0.488. The third-order valence-corrected chi connectivity index (χ3v) is 4.92. The predicted octanol–water partition coefficient (Wildman–Crippen LogP) is 0.870. The molecule has 154 valence electrons. The Bertz CT molecular complexity index is 387. The molecule has 0 saturated carbocycles. The molecule has 6 heteroatoms. The van der Waals surface area contributed by atoms with Crippen LogP contribution in [0.15, 0.2) is 12.2 Å². The lowest BCUT2D eigenvalue weighted by molar-refractivity contribution is -0.923. The van der Waals surface area contributed by atoms with Crippen molar-refractivity contribution in [2.24, 2.45) is 0 Å². The maximum atomic E-state index is 11.7. The van der Waals surface area contributed by atoms with E-state index in [9.17, 15) is 9.59 Å². The van der Waals surface area contributed by atoms with E-state index < -0.39 is 11.9 Å². The van der Waals surface area contributed by atoms with Gasteiger partial charge in [-0.2, -0.15) is 0 Å². The first-order chi connectivity index (χ1) is 12.0. The molecule has 0 unspecified atom stereocenters. The number of hydrogen-bond donors (Lipinski definition) is 0. The van der Waals surface area contributed by atoms with Crippen LogP contribution in [0.25, 0.3) is 0 Å². The lowest BCUT2D eigenvalue weighted by atomic mass is 10.1. The van der Waals surface area contributed by atoms with E-state index in [1.54, 1.807) is 0 Å². The Morgan fingerprint density at radius 1 is 0.731 bits per heavy atom. The van der Waals surface area contributed by atoms with Gasteiger partial charge in [-0.1, -0.05) is 39.0 Å². The molecule has 0 spiro atoms. The van der Waals surface area contributed by atoms with Gasteiger partial charge in [0.05, 0.1) is 26.2 Å². The highest BCUT2D eigenvalue weighted by molar-refractivity contribution is 5.91. The number of halogens is 1. The normalized spacial score (nSPS) is 11.2. The summed E-state index contributed by atoms with van der Waals surface area (Å²) in [5.41, 5.74) is 0. The molecule has 0 aromatic carbocycles. The maximum absolute atomic E-state index is 11.7. The van der Waals surface area contributed by atoms with Gasteiger partial charge in [0.15, 0.2) is 0 Å². The Balaban J connectivity index is 0. The monoisotopic (exact) mass is 435 g/mol. The van der Waals surface area contributed by atoms with Gasteiger partial charge in [-0.05, 0) is 27.2 Å². The summed E-state index contributed by atoms with van der Waals surface area (Å²) in [5.74, 6) is -0.968. The van der Waals surface area contributed by atoms with Gasteiger partial charge in [0.1, 0.15) is 13.2 Å². The number of rotatable bonds is 15. The molecule has 0 N–H and O–H groups in total. The van der Waals surface area contributed by atoms with Crippen molar-refractivity contribution in [3.63, 3.8) is 0 Å². The van der Waals surface area contributed by atoms with Crippen molar-refractivity contribution in [2.45, 2.75) is 66.2 Å². The number of carbonyl (C=O) groups is 2. The average molecular weight is 436 g/mol. The lowest BCUT2D eigenvalue weighted by Crippen LogP contribution is -3.00. The minimum Gasteiger partial charge on any atom is -1.00 e. The Kier molecular flexibility index (Phi) is 18.4. The lowest BCUT2D eigenvalue weighted by Gasteiger charge is -2.35. The number of carbonyl (C=O) groups excluding carboxylic acids is 2. The Hall–Kier alpha value is -0.880. The van der Waals surface area contributed by atoms with Crippen LogP contribution in [0.3, 0.4) is 0 Å². The van der Waals surface area contributed by atoms with Crippen molar-refractivity contribution in [3.05, 3.63) is 12.2 Å². The maximum Gasteiger partial charge on any atom is 0.331 e. The summed E-state index contributed by atoms with van der Waals surface area (Å²) < 4.78 is 11.2. The second-order valence-corrected chi connectivity index (χ2v) is 6.45. The van der Waals surface area contributed by atoms with E-state index in [1.807, 2.05) is 0 Å². The number of hydrogen-bond acceptors (Lipinski definition) is 4. The largest absolute Gasteiger partial charge is 1.00 e. The van der Waals surface area contributed by atoms with Gasteiger partial charge < -0.3 is 30.9 Å². The summed E-state index contributed by atoms with van der Waals surface area (Å²) in [7, 11) is 0. The van der Waals surface area contributed by atoms with E-state index in [-0.39, 0.29) is 17.0 Å². The smallest absolute Gasteiger partial charge is 0.331 e. The van der Waals surface area contributed by atoms with Crippen molar-refractivity contribution in [1.82, 2.24) is 0 Å². The summed E-state index contributed by atoms with van der Waals surface area (Å²) in [4.78, 5) is 23.2. The Labute approximate surface area is 170 Å². The van der Waals surface area contributed by atoms with E-state index in [0.717, 1.165) is 55.7 Å². The van der Waals surface area contributed by atoms with E-state index in [0.29, 0.717) is 13.2 Å². The number of esters is 2. The van der Waals surface area contributed by atoms with Crippen LogP contribution < -0.4 is 17.0 Å². The van der Waals surface area contributed by atoms with E-state index >= 15 is 0 Å². The molecule has 0 aliphatic heterocycles. The Morgan fingerprint density at radius 3 is 1.69 bits per heavy atom. The topological polar surface area (TPSA) is 52.6 Å². The molecule has 26 heavy (non-hydrogen) atoms. The van der Waals surface area contributed by atoms with Crippen molar-refractivity contribution < 1.29 is 40.5 Å². The molecule has 0 heterocycles. The number of nitrogens with zero attached hydrogens (tertiary/aromatic N) is 1. The molecule has 0 rings (SSSR count). The second kappa shape index (κ2) is 17.5. The molecule has 0 aliphatic rings. The fraction of sp³-hybridized carbons (Fsp3) is 0.800. The quantitative estimate of drug-likeness (QED) is 0.166. The molecular formula is C20H38BrNO4. The van der Waals surface area contributed by atoms with E-state index in [4.69, 9.17) is 9.47 Å². The summed E-state index contributed by atoms with van der Waals surface area (Å²) >= 11 is 0. The van der Waals surface area contributed by atoms with Crippen LogP contribution in [-0.4, -0.2) is 55.8 Å². The van der Waals surface area contributed by atoms with Crippen LogP contribution in [0.2, 0.25) is 0 Å². The first-order valence-electron chi connectivity index (χ1n) is 9.90. The highest BCUT2D eigenvalue weighted by atomic mass is 79.9. The van der Waals surface area contributed by atoms with Gasteiger partial charge in [-0.25, -0.2) is 9.59 Å². The molecule has 0 bridgehead atoms. The number of quaternary nitrogens is 1. The third-order valence-electron chi connectivity index (χ3n) is 4.92. The molecule has 0 aliphatic carbocycles. The molecule has 0 aromatic rings. The van der Waals surface area contributed by atoms with Gasteiger partial charge in [0.2, 0.25) is 0 Å². The number of unbranched alkanes of at least 4 members (excludes halogenated alkanes) is 5. The first-order valence-corrected chi connectivity index (χ1v) is 9.90. The standard InChI is InChI=1S/C20H38NO4.BrH/c1-5-9-10-11-12-13-17-24-19(22)14-15-20(23)25-18-16-21(6-2,7-3)8-4;/h14-15H,5-13,16-18H2,1-4H3;1H/q+1;/p-1/b15-14-;. The highest BCUT2D eigenvalue weighted by Crippen LogP contribution is 2.06. The zero-order valence-corrected chi connectivity index (χ0v) is 18.7. The van der Waals surface area contributed by atoms with Gasteiger partial charge in [0, 0.05) is 12.2 Å². The molecule has 5 nitrogen and oxygen atoms in total. The SMILES string of the molecule is CCCCCCCCOC(=O)/C=C\C(=O)OCC[N+](CC)(CC)CC.[Br-]. The zero-order chi connectivity index (χ0) is 19.0. The molecular weight excluding hydrogens is 398 g/mol. The molecule has 0 atom stereocenters. The van der Waals surface area contributed by atoms with Gasteiger partial charge >= 0.3 is 11.9 Å². The third kappa shape index (κ3) is 13.3. The molecule has 0 saturated heterocycles. The minimum absolute atomic E-state index is 0. The first kappa shape index (κ1) is 27.3. The van der Waals surface area contributed by atoms with Crippen LogP contribution >= 0.6 is 0 Å².